The summed E-state index contributed by atoms with van der Waals surface area (Å²) in [7, 11) is 0. The van der Waals surface area contributed by atoms with Crippen LogP contribution in [0.5, 0.6) is 0 Å². The molecular weight excluding hydrogens is 256 g/mol. The van der Waals surface area contributed by atoms with Crippen molar-refractivity contribution in [2.75, 3.05) is 11.9 Å². The van der Waals surface area contributed by atoms with Crippen molar-refractivity contribution in [1.29, 1.82) is 5.26 Å². The highest BCUT2D eigenvalue weighted by Crippen LogP contribution is 2.30. The summed E-state index contributed by atoms with van der Waals surface area (Å²) in [6, 6.07) is 7.73. The van der Waals surface area contributed by atoms with Crippen molar-refractivity contribution >= 4 is 17.3 Å². The van der Waals surface area contributed by atoms with E-state index in [0.717, 1.165) is 24.1 Å². The van der Waals surface area contributed by atoms with Crippen LogP contribution in [0.4, 0.5) is 5.69 Å². The van der Waals surface area contributed by atoms with Gasteiger partial charge < -0.3 is 5.32 Å². The Bertz CT molecular complexity index is 456. The summed E-state index contributed by atoms with van der Waals surface area (Å²) in [4.78, 5) is 0. The van der Waals surface area contributed by atoms with E-state index in [1.807, 2.05) is 12.1 Å². The summed E-state index contributed by atoms with van der Waals surface area (Å²) in [5.74, 6) is 1.75. The molecule has 0 radical (unpaired) electrons. The van der Waals surface area contributed by atoms with Crippen LogP contribution in [0.25, 0.3) is 0 Å². The fraction of sp³-hybridized carbons (Fsp3) is 0.562. The lowest BCUT2D eigenvalue weighted by Crippen LogP contribution is -2.16. The molecule has 1 aromatic rings. The molecule has 1 aliphatic carbocycles. The topological polar surface area (TPSA) is 35.8 Å². The average Bonchev–Trinajstić information content (AvgIpc) is 2.41. The fourth-order valence-corrected chi connectivity index (χ4v) is 3.03. The molecular formula is C16H21ClN2. The minimum absolute atomic E-state index is 0.527. The summed E-state index contributed by atoms with van der Waals surface area (Å²) in [5.41, 5.74) is 1.42. The van der Waals surface area contributed by atoms with Crippen LogP contribution in [-0.4, -0.2) is 6.54 Å². The van der Waals surface area contributed by atoms with Crippen LogP contribution in [0.2, 0.25) is 5.02 Å². The zero-order chi connectivity index (χ0) is 13.7. The number of halogens is 1. The first kappa shape index (κ1) is 14.2. The number of rotatable bonds is 4. The first-order chi connectivity index (χ1) is 9.20. The van der Waals surface area contributed by atoms with Gasteiger partial charge >= 0.3 is 0 Å². The molecule has 0 saturated heterocycles. The maximum Gasteiger partial charge on any atom is 0.103 e. The van der Waals surface area contributed by atoms with E-state index in [2.05, 4.69) is 18.3 Å². The van der Waals surface area contributed by atoms with Crippen LogP contribution in [0.3, 0.4) is 0 Å². The largest absolute Gasteiger partial charge is 0.384 e. The van der Waals surface area contributed by atoms with Crippen molar-refractivity contribution in [1.82, 2.24) is 0 Å². The molecule has 1 aromatic carbocycles. The van der Waals surface area contributed by atoms with Crippen LogP contribution >= 0.6 is 11.6 Å². The first-order valence-electron chi connectivity index (χ1n) is 7.13. The third-order valence-electron chi connectivity index (χ3n) is 4.13. The van der Waals surface area contributed by atoms with Gasteiger partial charge in [0, 0.05) is 6.54 Å². The molecule has 19 heavy (non-hydrogen) atoms. The highest BCUT2D eigenvalue weighted by Gasteiger charge is 2.17. The molecule has 2 nitrogen and oxygen atoms in total. The second kappa shape index (κ2) is 6.82. The van der Waals surface area contributed by atoms with Gasteiger partial charge in [0.2, 0.25) is 0 Å². The quantitative estimate of drug-likeness (QED) is 0.854. The van der Waals surface area contributed by atoms with E-state index in [-0.39, 0.29) is 0 Å². The van der Waals surface area contributed by atoms with Gasteiger partial charge in [-0.25, -0.2) is 0 Å². The SMILES string of the molecule is CC1CCC(CCNc2cccc(Cl)c2C#N)CC1. The molecule has 0 spiro atoms. The van der Waals surface area contributed by atoms with E-state index in [4.69, 9.17) is 16.9 Å². The molecule has 0 heterocycles. The van der Waals surface area contributed by atoms with Gasteiger partial charge in [-0.15, -0.1) is 0 Å². The molecule has 1 fully saturated rings. The summed E-state index contributed by atoms with van der Waals surface area (Å²) in [6.45, 7) is 3.27. The van der Waals surface area contributed by atoms with E-state index in [9.17, 15) is 0 Å². The van der Waals surface area contributed by atoms with E-state index >= 15 is 0 Å². The van der Waals surface area contributed by atoms with E-state index in [1.54, 1.807) is 6.07 Å². The van der Waals surface area contributed by atoms with Crippen molar-refractivity contribution in [2.45, 2.75) is 39.0 Å². The fourth-order valence-electron chi connectivity index (χ4n) is 2.81. The molecule has 0 atom stereocenters. The number of nitriles is 1. The summed E-state index contributed by atoms with van der Waals surface area (Å²) in [5, 5.41) is 13.0. The minimum atomic E-state index is 0.527. The van der Waals surface area contributed by atoms with Gasteiger partial charge in [0.1, 0.15) is 6.07 Å². The number of nitrogens with zero attached hydrogens (tertiary/aromatic N) is 1. The summed E-state index contributed by atoms with van der Waals surface area (Å²) >= 11 is 6.01. The maximum absolute atomic E-state index is 9.10. The van der Waals surface area contributed by atoms with Gasteiger partial charge in [0.15, 0.2) is 0 Å². The van der Waals surface area contributed by atoms with Gasteiger partial charge in [-0.1, -0.05) is 50.3 Å². The predicted molar refractivity (Wildman–Crippen MR) is 80.4 cm³/mol. The second-order valence-corrected chi connectivity index (χ2v) is 6.02. The highest BCUT2D eigenvalue weighted by molar-refractivity contribution is 6.32. The lowest BCUT2D eigenvalue weighted by Gasteiger charge is -2.26. The molecule has 0 amide bonds. The number of anilines is 1. The van der Waals surface area contributed by atoms with Crippen LogP contribution < -0.4 is 5.32 Å². The van der Waals surface area contributed by atoms with E-state index in [1.165, 1.54) is 32.1 Å². The standard InChI is InChI=1S/C16H21ClN2/c1-12-5-7-13(8-6-12)9-10-19-16-4-2-3-15(17)14(16)11-18/h2-4,12-13,19H,5-10H2,1H3. The van der Waals surface area contributed by atoms with Crippen molar-refractivity contribution in [3.05, 3.63) is 28.8 Å². The Morgan fingerprint density at radius 2 is 2.05 bits per heavy atom. The Balaban J connectivity index is 1.83. The molecule has 0 aliphatic heterocycles. The molecule has 0 unspecified atom stereocenters. The van der Waals surface area contributed by atoms with Crippen LogP contribution in [0, 0.1) is 23.2 Å². The molecule has 3 heteroatoms. The normalized spacial score (nSPS) is 22.8. The monoisotopic (exact) mass is 276 g/mol. The summed E-state index contributed by atoms with van der Waals surface area (Å²) < 4.78 is 0. The highest BCUT2D eigenvalue weighted by atomic mass is 35.5. The van der Waals surface area contributed by atoms with Crippen molar-refractivity contribution in [3.8, 4) is 6.07 Å². The molecule has 2 rings (SSSR count). The Kier molecular flexibility index (Phi) is 5.10. The number of benzene rings is 1. The van der Waals surface area contributed by atoms with Gasteiger partial charge in [0.25, 0.3) is 0 Å². The number of nitrogens with one attached hydrogen (secondary N) is 1. The average molecular weight is 277 g/mol. The van der Waals surface area contributed by atoms with Crippen molar-refractivity contribution in [2.24, 2.45) is 11.8 Å². The third kappa shape index (κ3) is 3.88. The molecule has 1 aliphatic rings. The van der Waals surface area contributed by atoms with Gasteiger partial charge in [-0.3, -0.25) is 0 Å². The first-order valence-corrected chi connectivity index (χ1v) is 7.51. The van der Waals surface area contributed by atoms with Gasteiger partial charge in [0.05, 0.1) is 16.3 Å². The van der Waals surface area contributed by atoms with Crippen molar-refractivity contribution in [3.63, 3.8) is 0 Å². The van der Waals surface area contributed by atoms with Gasteiger partial charge in [-0.05, 0) is 30.4 Å². The smallest absolute Gasteiger partial charge is 0.103 e. The minimum Gasteiger partial charge on any atom is -0.384 e. The molecule has 1 saturated carbocycles. The Morgan fingerprint density at radius 1 is 1.32 bits per heavy atom. The van der Waals surface area contributed by atoms with Gasteiger partial charge in [-0.2, -0.15) is 5.26 Å². The molecule has 0 bridgehead atoms. The zero-order valence-electron chi connectivity index (χ0n) is 11.5. The molecule has 102 valence electrons. The number of hydrogen-bond donors (Lipinski definition) is 1. The van der Waals surface area contributed by atoms with E-state index in [0.29, 0.717) is 10.6 Å². The second-order valence-electron chi connectivity index (χ2n) is 5.62. The lowest BCUT2D eigenvalue weighted by atomic mass is 9.81. The van der Waals surface area contributed by atoms with E-state index < -0.39 is 0 Å². The summed E-state index contributed by atoms with van der Waals surface area (Å²) in [6.07, 6.45) is 6.62. The van der Waals surface area contributed by atoms with Crippen LogP contribution in [0.15, 0.2) is 18.2 Å². The Hall–Kier alpha value is -1.20. The number of hydrogen-bond acceptors (Lipinski definition) is 2. The van der Waals surface area contributed by atoms with Crippen molar-refractivity contribution < 1.29 is 0 Å². The Morgan fingerprint density at radius 3 is 2.74 bits per heavy atom. The molecule has 0 aromatic heterocycles. The Labute approximate surface area is 120 Å². The zero-order valence-corrected chi connectivity index (χ0v) is 12.2. The van der Waals surface area contributed by atoms with Crippen LogP contribution in [-0.2, 0) is 0 Å². The predicted octanol–water partition coefficient (Wildman–Crippen LogP) is 4.84. The van der Waals surface area contributed by atoms with Crippen LogP contribution in [0.1, 0.15) is 44.6 Å². The third-order valence-corrected chi connectivity index (χ3v) is 4.44. The molecule has 1 N–H and O–H groups in total. The lowest BCUT2D eigenvalue weighted by molar-refractivity contribution is 0.282. The maximum atomic E-state index is 9.10.